The highest BCUT2D eigenvalue weighted by atomic mass is 19.4. The van der Waals surface area contributed by atoms with Crippen LogP contribution in [0.5, 0.6) is 0 Å². The molecule has 1 aromatic carbocycles. The molecule has 0 bridgehead atoms. The highest BCUT2D eigenvalue weighted by Crippen LogP contribution is 2.37. The number of hydrogen-bond donors (Lipinski definition) is 2. The topological polar surface area (TPSA) is 74.9 Å². The maximum atomic E-state index is 15.8. The highest BCUT2D eigenvalue weighted by molar-refractivity contribution is 6.07. The number of anilines is 2. The van der Waals surface area contributed by atoms with E-state index in [1.807, 2.05) is 51.2 Å². The van der Waals surface area contributed by atoms with Crippen LogP contribution in [-0.2, 0) is 6.18 Å². The van der Waals surface area contributed by atoms with Crippen molar-refractivity contribution >= 4 is 22.9 Å². The van der Waals surface area contributed by atoms with Gasteiger partial charge in [0, 0.05) is 81.6 Å². The monoisotopic (exact) mass is 600 g/mol. The van der Waals surface area contributed by atoms with Gasteiger partial charge in [-0.1, -0.05) is 6.08 Å². The molecule has 0 unspecified atom stereocenters. The second kappa shape index (κ2) is 11.9. The highest BCUT2D eigenvalue weighted by Gasteiger charge is 2.36. The molecule has 0 aliphatic carbocycles. The zero-order valence-corrected chi connectivity index (χ0v) is 24.6. The summed E-state index contributed by atoms with van der Waals surface area (Å²) in [6.45, 7) is 7.17. The number of benzene rings is 1. The molecule has 1 amide bonds. The third-order valence-corrected chi connectivity index (χ3v) is 8.52. The van der Waals surface area contributed by atoms with Crippen LogP contribution in [0.3, 0.4) is 0 Å². The maximum Gasteiger partial charge on any atom is 0.417 e. The number of aromatic nitrogens is 1. The lowest BCUT2D eigenvalue weighted by atomic mass is 9.96. The molecule has 8 nitrogen and oxygen atoms in total. The number of halogens is 4. The summed E-state index contributed by atoms with van der Waals surface area (Å²) in [5.74, 6) is -1.52. The molecule has 43 heavy (non-hydrogen) atoms. The molecule has 0 radical (unpaired) electrons. The zero-order valence-electron chi connectivity index (χ0n) is 24.6. The molecular formula is C31H36F4N6O2. The van der Waals surface area contributed by atoms with E-state index < -0.39 is 34.6 Å². The number of likely N-dealkylation sites (N-methyl/N-ethyl adjacent to an activating group) is 2. The first-order valence-corrected chi connectivity index (χ1v) is 14.3. The number of amides is 1. The molecule has 2 aromatic rings. The molecule has 0 saturated carbocycles. The van der Waals surface area contributed by atoms with Gasteiger partial charge in [0.1, 0.15) is 5.82 Å². The van der Waals surface area contributed by atoms with Crippen LogP contribution in [0, 0.1) is 5.82 Å². The molecule has 2 N–H and O–H groups in total. The Bertz CT molecular complexity index is 1530. The van der Waals surface area contributed by atoms with Crippen molar-refractivity contribution in [3.05, 3.63) is 87.4 Å². The van der Waals surface area contributed by atoms with Gasteiger partial charge in [-0.3, -0.25) is 14.5 Å². The van der Waals surface area contributed by atoms with Gasteiger partial charge in [0.2, 0.25) is 5.56 Å². The molecule has 12 heteroatoms. The van der Waals surface area contributed by atoms with Gasteiger partial charge in [-0.15, -0.1) is 0 Å². The zero-order chi connectivity index (χ0) is 31.1. The van der Waals surface area contributed by atoms with Gasteiger partial charge in [0.05, 0.1) is 22.5 Å². The number of aromatic amines is 1. The fraction of sp³-hybridized carbons (Fsp3) is 0.419. The summed E-state index contributed by atoms with van der Waals surface area (Å²) < 4.78 is 57.1. The van der Waals surface area contributed by atoms with Gasteiger partial charge in [-0.25, -0.2) is 4.39 Å². The molecule has 1 fully saturated rings. The summed E-state index contributed by atoms with van der Waals surface area (Å²) >= 11 is 0. The standard InChI is InChI=1S/C31H36F4N6O2/c1-19-17-41(18-20(2)39(19)4)28-15-26(32)23(21-5-11-40(12-6-21)22-7-9-38(3)10-8-22)13-27(28)37-30(43)24-16-36-29(42)14-25(24)31(33,34)35/h5,7-9,13-16,19-20H,6,10-12,17-18H2,1-4H3,(H,36,42)(H,37,43)/t19-,20+. The molecular weight excluding hydrogens is 564 g/mol. The minimum absolute atomic E-state index is 0.112. The fourth-order valence-electron chi connectivity index (χ4n) is 5.81. The van der Waals surface area contributed by atoms with Gasteiger partial charge < -0.3 is 25.0 Å². The predicted octanol–water partition coefficient (Wildman–Crippen LogP) is 4.75. The summed E-state index contributed by atoms with van der Waals surface area (Å²) in [7, 11) is 4.00. The lowest BCUT2D eigenvalue weighted by Crippen LogP contribution is -2.55. The van der Waals surface area contributed by atoms with Crippen LogP contribution in [0.15, 0.2) is 59.3 Å². The molecule has 5 rings (SSSR count). The Kier molecular flexibility index (Phi) is 8.42. The molecule has 4 heterocycles. The summed E-state index contributed by atoms with van der Waals surface area (Å²) in [6, 6.07) is 3.47. The van der Waals surface area contributed by atoms with Gasteiger partial charge in [0.25, 0.3) is 5.91 Å². The van der Waals surface area contributed by atoms with Crippen molar-refractivity contribution in [1.82, 2.24) is 19.7 Å². The summed E-state index contributed by atoms with van der Waals surface area (Å²) in [5.41, 5.74) is -0.306. The molecule has 1 aromatic heterocycles. The predicted molar refractivity (Wildman–Crippen MR) is 159 cm³/mol. The van der Waals surface area contributed by atoms with Crippen LogP contribution < -0.4 is 15.8 Å². The molecule has 0 spiro atoms. The maximum absolute atomic E-state index is 15.8. The van der Waals surface area contributed by atoms with E-state index in [0.717, 1.165) is 24.0 Å². The van der Waals surface area contributed by atoms with E-state index in [9.17, 15) is 22.8 Å². The number of nitrogens with one attached hydrogen (secondary N) is 2. The quantitative estimate of drug-likeness (QED) is 0.483. The first-order chi connectivity index (χ1) is 20.3. The molecule has 3 aliphatic heterocycles. The Morgan fingerprint density at radius 2 is 1.74 bits per heavy atom. The number of hydrogen-bond acceptors (Lipinski definition) is 6. The Morgan fingerprint density at radius 1 is 1.02 bits per heavy atom. The van der Waals surface area contributed by atoms with Crippen LogP contribution in [0.4, 0.5) is 28.9 Å². The van der Waals surface area contributed by atoms with Gasteiger partial charge in [0.15, 0.2) is 0 Å². The Morgan fingerprint density at radius 3 is 2.35 bits per heavy atom. The first-order valence-electron chi connectivity index (χ1n) is 14.3. The number of piperazine rings is 1. The Labute approximate surface area is 247 Å². The molecule has 230 valence electrons. The van der Waals surface area contributed by atoms with Crippen molar-refractivity contribution < 1.29 is 22.4 Å². The largest absolute Gasteiger partial charge is 0.417 e. The molecule has 2 atom stereocenters. The summed E-state index contributed by atoms with van der Waals surface area (Å²) in [5, 5.41) is 2.62. The van der Waals surface area contributed by atoms with E-state index in [1.54, 1.807) is 0 Å². The number of nitrogens with zero attached hydrogens (tertiary/aromatic N) is 4. The van der Waals surface area contributed by atoms with Crippen molar-refractivity contribution in [2.75, 3.05) is 57.0 Å². The number of allylic oxidation sites excluding steroid dienone is 1. The van der Waals surface area contributed by atoms with Crippen molar-refractivity contribution in [1.29, 1.82) is 0 Å². The van der Waals surface area contributed by atoms with Gasteiger partial charge in [-0.05, 0) is 57.2 Å². The third kappa shape index (κ3) is 6.48. The van der Waals surface area contributed by atoms with Gasteiger partial charge >= 0.3 is 6.18 Å². The van der Waals surface area contributed by atoms with Crippen molar-refractivity contribution in [2.24, 2.45) is 0 Å². The molecule has 1 saturated heterocycles. The number of pyridine rings is 1. The van der Waals surface area contributed by atoms with Crippen LogP contribution in [-0.4, -0.2) is 84.5 Å². The van der Waals surface area contributed by atoms with Crippen LogP contribution in [0.25, 0.3) is 5.57 Å². The normalized spacial score (nSPS) is 21.5. The minimum Gasteiger partial charge on any atom is -0.377 e. The van der Waals surface area contributed by atoms with Crippen molar-refractivity contribution in [3.8, 4) is 0 Å². The first kappa shape index (κ1) is 30.4. The summed E-state index contributed by atoms with van der Waals surface area (Å²) in [4.78, 5) is 35.6. The van der Waals surface area contributed by atoms with Crippen molar-refractivity contribution in [3.63, 3.8) is 0 Å². The number of alkyl halides is 3. The van der Waals surface area contributed by atoms with E-state index in [1.165, 1.54) is 12.1 Å². The van der Waals surface area contributed by atoms with E-state index in [2.05, 4.69) is 31.1 Å². The van der Waals surface area contributed by atoms with E-state index in [-0.39, 0.29) is 17.8 Å². The average Bonchev–Trinajstić information content (AvgIpc) is 2.96. The van der Waals surface area contributed by atoms with E-state index in [4.69, 9.17) is 0 Å². The number of rotatable bonds is 5. The number of carbonyl (C=O) groups excluding carboxylic acids is 1. The summed E-state index contributed by atoms with van der Waals surface area (Å²) in [6.07, 6.45) is 4.51. The van der Waals surface area contributed by atoms with Crippen LogP contribution in [0.2, 0.25) is 0 Å². The van der Waals surface area contributed by atoms with Crippen molar-refractivity contribution in [2.45, 2.75) is 38.5 Å². The molecule has 3 aliphatic rings. The fourth-order valence-corrected chi connectivity index (χ4v) is 5.81. The SMILES string of the molecule is C[C@@H]1CN(c2cc(F)c(C3=CCN(C4=CCN(C)C=C4)CC3)cc2NC(=O)c2c[nH]c(=O)cc2C(F)(F)F)C[C@H](C)N1C. The minimum atomic E-state index is -4.92. The Hall–Kier alpha value is -4.06. The van der Waals surface area contributed by atoms with E-state index in [0.29, 0.717) is 49.9 Å². The van der Waals surface area contributed by atoms with Gasteiger partial charge in [-0.2, -0.15) is 13.2 Å². The van der Waals surface area contributed by atoms with Crippen LogP contribution >= 0.6 is 0 Å². The number of carbonyl (C=O) groups is 1. The third-order valence-electron chi connectivity index (χ3n) is 8.52. The second-order valence-corrected chi connectivity index (χ2v) is 11.5. The lowest BCUT2D eigenvalue weighted by Gasteiger charge is -2.44. The van der Waals surface area contributed by atoms with E-state index >= 15 is 4.39 Å². The number of H-pyrrole nitrogens is 1. The van der Waals surface area contributed by atoms with Crippen LogP contribution in [0.1, 0.15) is 41.8 Å². The average molecular weight is 601 g/mol. The second-order valence-electron chi connectivity index (χ2n) is 11.5. The lowest BCUT2D eigenvalue weighted by molar-refractivity contribution is -0.138. The Balaban J connectivity index is 1.51. The smallest absolute Gasteiger partial charge is 0.377 e.